The van der Waals surface area contributed by atoms with Gasteiger partial charge in [-0.2, -0.15) is 0 Å². The number of hydrogen-bond donors (Lipinski definition) is 1. The van der Waals surface area contributed by atoms with Gasteiger partial charge in [0, 0.05) is 37.1 Å². The van der Waals surface area contributed by atoms with Gasteiger partial charge in [-0.05, 0) is 35.7 Å². The highest BCUT2D eigenvalue weighted by Gasteiger charge is 2.20. The second-order valence-electron chi connectivity index (χ2n) is 6.02. The van der Waals surface area contributed by atoms with Gasteiger partial charge in [0.1, 0.15) is 5.82 Å². The first-order chi connectivity index (χ1) is 11.2. The number of nitrogens with one attached hydrogen (secondary N) is 1. The van der Waals surface area contributed by atoms with E-state index in [0.29, 0.717) is 0 Å². The third-order valence-corrected chi connectivity index (χ3v) is 4.94. The molecule has 2 heterocycles. The maximum Gasteiger partial charge on any atom is 0.123 e. The number of halogens is 2. The number of nitrogens with zero attached hydrogens (tertiary/aromatic N) is 1. The number of aryl methyl sites for hydroxylation is 2. The molecule has 1 aromatic heterocycles. The summed E-state index contributed by atoms with van der Waals surface area (Å²) in [5, 5.41) is 5.50. The smallest absolute Gasteiger partial charge is 0.123 e. The number of hydrogen-bond acceptors (Lipinski definition) is 1. The van der Waals surface area contributed by atoms with Crippen molar-refractivity contribution in [2.45, 2.75) is 25.9 Å². The van der Waals surface area contributed by atoms with Crippen LogP contribution in [0.2, 0.25) is 5.02 Å². The van der Waals surface area contributed by atoms with Gasteiger partial charge in [0.05, 0.1) is 10.5 Å². The van der Waals surface area contributed by atoms with Gasteiger partial charge >= 0.3 is 0 Å². The van der Waals surface area contributed by atoms with E-state index in [1.165, 1.54) is 28.8 Å². The average molecular weight is 329 g/mol. The Morgan fingerprint density at radius 3 is 2.78 bits per heavy atom. The van der Waals surface area contributed by atoms with Gasteiger partial charge in [0.2, 0.25) is 0 Å². The zero-order chi connectivity index (χ0) is 15.8. The Bertz CT molecular complexity index is 852. The minimum atomic E-state index is -0.188. The van der Waals surface area contributed by atoms with Crippen molar-refractivity contribution in [3.63, 3.8) is 0 Å². The number of aromatic nitrogens is 1. The van der Waals surface area contributed by atoms with Gasteiger partial charge in [0.25, 0.3) is 0 Å². The summed E-state index contributed by atoms with van der Waals surface area (Å²) in [6.45, 7) is 2.76. The maximum absolute atomic E-state index is 13.1. The largest absolute Gasteiger partial charge is 0.343 e. The molecule has 0 spiro atoms. The van der Waals surface area contributed by atoms with Crippen LogP contribution in [0.25, 0.3) is 10.9 Å². The SMILES string of the molecule is Fc1ccc(CCn2c3c(c4cccc(Cl)c42)CNCC3)cc1. The molecular formula is C19H18ClFN2. The summed E-state index contributed by atoms with van der Waals surface area (Å²) in [5.74, 6) is -0.188. The number of para-hydroxylation sites is 1. The molecule has 1 aliphatic heterocycles. The van der Waals surface area contributed by atoms with Crippen molar-refractivity contribution in [1.29, 1.82) is 0 Å². The molecule has 0 fully saturated rings. The summed E-state index contributed by atoms with van der Waals surface area (Å²) in [7, 11) is 0. The normalized spacial score (nSPS) is 14.2. The predicted octanol–water partition coefficient (Wildman–Crippen LogP) is 4.32. The monoisotopic (exact) mass is 328 g/mol. The van der Waals surface area contributed by atoms with Crippen molar-refractivity contribution in [2.75, 3.05) is 6.54 Å². The van der Waals surface area contributed by atoms with E-state index in [1.807, 2.05) is 24.3 Å². The van der Waals surface area contributed by atoms with Crippen molar-refractivity contribution in [3.05, 3.63) is 70.1 Å². The summed E-state index contributed by atoms with van der Waals surface area (Å²) >= 11 is 6.49. The number of rotatable bonds is 3. The highest BCUT2D eigenvalue weighted by molar-refractivity contribution is 6.35. The topological polar surface area (TPSA) is 17.0 Å². The first-order valence-electron chi connectivity index (χ1n) is 7.97. The molecule has 1 N–H and O–H groups in total. The van der Waals surface area contributed by atoms with Gasteiger partial charge < -0.3 is 9.88 Å². The summed E-state index contributed by atoms with van der Waals surface area (Å²) in [4.78, 5) is 0. The lowest BCUT2D eigenvalue weighted by atomic mass is 10.1. The Morgan fingerprint density at radius 2 is 1.96 bits per heavy atom. The lowest BCUT2D eigenvalue weighted by Gasteiger charge is -2.17. The van der Waals surface area contributed by atoms with Gasteiger partial charge in [-0.15, -0.1) is 0 Å². The van der Waals surface area contributed by atoms with Gasteiger partial charge in [0.15, 0.2) is 0 Å². The first-order valence-corrected chi connectivity index (χ1v) is 8.35. The molecule has 4 rings (SSSR count). The van der Waals surface area contributed by atoms with Crippen molar-refractivity contribution in [1.82, 2.24) is 9.88 Å². The van der Waals surface area contributed by atoms with Crippen LogP contribution >= 0.6 is 11.6 Å². The van der Waals surface area contributed by atoms with Crippen LogP contribution in [0.4, 0.5) is 4.39 Å². The van der Waals surface area contributed by atoms with Gasteiger partial charge in [-0.3, -0.25) is 0 Å². The molecule has 1 aliphatic rings. The molecule has 0 unspecified atom stereocenters. The minimum absolute atomic E-state index is 0.188. The Morgan fingerprint density at radius 1 is 1.13 bits per heavy atom. The molecule has 118 valence electrons. The van der Waals surface area contributed by atoms with E-state index < -0.39 is 0 Å². The quantitative estimate of drug-likeness (QED) is 0.757. The summed E-state index contributed by atoms with van der Waals surface area (Å²) < 4.78 is 15.4. The zero-order valence-corrected chi connectivity index (χ0v) is 13.5. The van der Waals surface area contributed by atoms with Crippen molar-refractivity contribution >= 4 is 22.5 Å². The molecule has 0 saturated carbocycles. The van der Waals surface area contributed by atoms with Crippen LogP contribution in [-0.4, -0.2) is 11.1 Å². The fourth-order valence-electron chi connectivity index (χ4n) is 3.53. The molecule has 0 atom stereocenters. The third-order valence-electron chi connectivity index (χ3n) is 4.63. The van der Waals surface area contributed by atoms with Crippen LogP contribution in [0.1, 0.15) is 16.8 Å². The van der Waals surface area contributed by atoms with Crippen molar-refractivity contribution < 1.29 is 4.39 Å². The number of benzene rings is 2. The fraction of sp³-hybridized carbons (Fsp3) is 0.263. The standard InChI is InChI=1S/C19H18ClFN2/c20-17-3-1-2-15-16-12-22-10-8-18(16)23(19(15)17)11-9-13-4-6-14(21)7-5-13/h1-7,22H,8-12H2. The fourth-order valence-corrected chi connectivity index (χ4v) is 3.81. The predicted molar refractivity (Wildman–Crippen MR) is 92.5 cm³/mol. The van der Waals surface area contributed by atoms with Gasteiger partial charge in [-0.1, -0.05) is 35.9 Å². The second-order valence-corrected chi connectivity index (χ2v) is 6.42. The van der Waals surface area contributed by atoms with Gasteiger partial charge in [-0.25, -0.2) is 4.39 Å². The molecule has 2 nitrogen and oxygen atoms in total. The first kappa shape index (κ1) is 14.7. The van der Waals surface area contributed by atoms with Crippen LogP contribution in [0, 0.1) is 5.82 Å². The zero-order valence-electron chi connectivity index (χ0n) is 12.8. The van der Waals surface area contributed by atoms with Crippen LogP contribution in [0.5, 0.6) is 0 Å². The second kappa shape index (κ2) is 5.99. The lowest BCUT2D eigenvalue weighted by molar-refractivity contribution is 0.593. The Kier molecular flexibility index (Phi) is 3.83. The summed E-state index contributed by atoms with van der Waals surface area (Å²) in [5.41, 5.74) is 5.02. The summed E-state index contributed by atoms with van der Waals surface area (Å²) in [6, 6.07) is 12.9. The average Bonchev–Trinajstić information content (AvgIpc) is 2.90. The van der Waals surface area contributed by atoms with E-state index in [1.54, 1.807) is 0 Å². The van der Waals surface area contributed by atoms with Crippen molar-refractivity contribution in [3.8, 4) is 0 Å². The molecule has 0 radical (unpaired) electrons. The van der Waals surface area contributed by atoms with E-state index in [4.69, 9.17) is 11.6 Å². The molecular weight excluding hydrogens is 311 g/mol. The Labute approximate surface area is 139 Å². The van der Waals surface area contributed by atoms with E-state index in [-0.39, 0.29) is 5.82 Å². The van der Waals surface area contributed by atoms with E-state index >= 15 is 0 Å². The minimum Gasteiger partial charge on any atom is -0.343 e. The van der Waals surface area contributed by atoms with E-state index in [9.17, 15) is 4.39 Å². The molecule has 4 heteroatoms. The highest BCUT2D eigenvalue weighted by Crippen LogP contribution is 2.33. The van der Waals surface area contributed by atoms with Crippen LogP contribution in [0.15, 0.2) is 42.5 Å². The lowest BCUT2D eigenvalue weighted by Crippen LogP contribution is -2.24. The Balaban J connectivity index is 1.75. The summed E-state index contributed by atoms with van der Waals surface area (Å²) in [6.07, 6.45) is 1.89. The third kappa shape index (κ3) is 2.64. The highest BCUT2D eigenvalue weighted by atomic mass is 35.5. The maximum atomic E-state index is 13.1. The van der Waals surface area contributed by atoms with Crippen LogP contribution < -0.4 is 5.32 Å². The van der Waals surface area contributed by atoms with E-state index in [0.717, 1.165) is 48.6 Å². The molecule has 3 aromatic rings. The Hall–Kier alpha value is -1.84. The molecule has 23 heavy (non-hydrogen) atoms. The van der Waals surface area contributed by atoms with Crippen LogP contribution in [-0.2, 0) is 25.9 Å². The molecule has 0 aliphatic carbocycles. The molecule has 2 aromatic carbocycles. The van der Waals surface area contributed by atoms with Crippen LogP contribution in [0.3, 0.4) is 0 Å². The molecule has 0 bridgehead atoms. The molecule has 0 amide bonds. The van der Waals surface area contributed by atoms with E-state index in [2.05, 4.69) is 16.0 Å². The number of fused-ring (bicyclic) bond motifs is 3. The van der Waals surface area contributed by atoms with Crippen molar-refractivity contribution in [2.24, 2.45) is 0 Å². The molecule has 0 saturated heterocycles.